The first-order chi connectivity index (χ1) is 16.0. The summed E-state index contributed by atoms with van der Waals surface area (Å²) in [6.07, 6.45) is 15.9. The molecular weight excluding hydrogens is 455 g/mol. The smallest absolute Gasteiger partial charge is 0.268 e. The van der Waals surface area contributed by atoms with Gasteiger partial charge in [0.05, 0.1) is 39.9 Å². The van der Waals surface area contributed by atoms with Gasteiger partial charge in [-0.05, 0) is 32.1 Å². The standard InChI is InChI=1S/C25H49N2O6P/c1-6-8-10-11-12-13-14-15-17-18-24(28)23(26-25(29)19-16-9-7-2)22-33-34(30,31)32-21-20-27(3,4)5/h12-13,17-18,23-24,28H,6-11,14-16,19-22H2,1-5H3,(H-,26,29,30,31)/b13-12+,18-17+. The van der Waals surface area contributed by atoms with Gasteiger partial charge in [-0.15, -0.1) is 0 Å². The van der Waals surface area contributed by atoms with Gasteiger partial charge in [0.15, 0.2) is 0 Å². The number of hydrogen-bond acceptors (Lipinski definition) is 6. The van der Waals surface area contributed by atoms with Crippen molar-refractivity contribution in [2.24, 2.45) is 0 Å². The summed E-state index contributed by atoms with van der Waals surface area (Å²) in [4.78, 5) is 24.4. The van der Waals surface area contributed by atoms with Gasteiger partial charge in [0, 0.05) is 6.42 Å². The maximum absolute atomic E-state index is 12.3. The van der Waals surface area contributed by atoms with Crippen molar-refractivity contribution in [2.45, 2.75) is 90.2 Å². The second kappa shape index (κ2) is 19.2. The Hall–Kier alpha value is -1.02. The van der Waals surface area contributed by atoms with E-state index in [0.29, 0.717) is 17.4 Å². The average molecular weight is 505 g/mol. The third-order valence-electron chi connectivity index (χ3n) is 5.16. The Balaban J connectivity index is 4.77. The summed E-state index contributed by atoms with van der Waals surface area (Å²) in [5.41, 5.74) is 0. The van der Waals surface area contributed by atoms with E-state index in [9.17, 15) is 19.4 Å². The van der Waals surface area contributed by atoms with Gasteiger partial charge in [0.25, 0.3) is 7.82 Å². The third kappa shape index (κ3) is 20.4. The van der Waals surface area contributed by atoms with Crippen LogP contribution < -0.4 is 10.2 Å². The summed E-state index contributed by atoms with van der Waals surface area (Å²) in [7, 11) is 1.23. The van der Waals surface area contributed by atoms with E-state index in [1.807, 2.05) is 34.1 Å². The molecule has 0 aromatic rings. The van der Waals surface area contributed by atoms with Crippen molar-refractivity contribution >= 4 is 13.7 Å². The molecule has 9 heteroatoms. The second-order valence-corrected chi connectivity index (χ2v) is 11.1. The second-order valence-electron chi connectivity index (χ2n) is 9.68. The monoisotopic (exact) mass is 504 g/mol. The summed E-state index contributed by atoms with van der Waals surface area (Å²) in [5.74, 6) is -0.240. The number of unbranched alkanes of at least 4 members (excludes halogenated alkanes) is 6. The maximum atomic E-state index is 12.3. The van der Waals surface area contributed by atoms with Crippen LogP contribution in [0.1, 0.15) is 78.1 Å². The van der Waals surface area contributed by atoms with Crippen LogP contribution in [0, 0.1) is 0 Å². The quantitative estimate of drug-likeness (QED) is 0.105. The summed E-state index contributed by atoms with van der Waals surface area (Å²) in [6, 6.07) is -0.890. The molecule has 0 aliphatic heterocycles. The highest BCUT2D eigenvalue weighted by molar-refractivity contribution is 7.45. The number of phosphoric acid groups is 1. The van der Waals surface area contributed by atoms with E-state index in [4.69, 9.17) is 9.05 Å². The molecule has 0 aliphatic carbocycles. The van der Waals surface area contributed by atoms with E-state index in [1.165, 1.54) is 19.3 Å². The summed E-state index contributed by atoms with van der Waals surface area (Å²) in [5, 5.41) is 13.3. The lowest BCUT2D eigenvalue weighted by Crippen LogP contribution is -2.45. The highest BCUT2D eigenvalue weighted by atomic mass is 31.2. The number of allylic oxidation sites excluding steroid dienone is 3. The molecule has 3 atom stereocenters. The minimum absolute atomic E-state index is 0.00720. The first kappa shape index (κ1) is 33.0. The van der Waals surface area contributed by atoms with Gasteiger partial charge in [-0.25, -0.2) is 0 Å². The van der Waals surface area contributed by atoms with Gasteiger partial charge in [-0.1, -0.05) is 63.8 Å². The lowest BCUT2D eigenvalue weighted by atomic mass is 10.1. The number of nitrogens with zero attached hydrogens (tertiary/aromatic N) is 1. The van der Waals surface area contributed by atoms with Crippen LogP contribution in [0.4, 0.5) is 0 Å². The topological polar surface area (TPSA) is 108 Å². The molecule has 34 heavy (non-hydrogen) atoms. The molecule has 0 radical (unpaired) electrons. The minimum atomic E-state index is -4.55. The Bertz CT molecular complexity index is 633. The zero-order valence-corrected chi connectivity index (χ0v) is 22.9. The van der Waals surface area contributed by atoms with Crippen molar-refractivity contribution < 1.29 is 32.9 Å². The zero-order chi connectivity index (χ0) is 25.9. The number of quaternary nitrogens is 1. The number of carbonyl (C=O) groups excluding carboxylic acids is 1. The molecule has 2 N–H and O–H groups in total. The van der Waals surface area contributed by atoms with Crippen LogP contribution in [0.15, 0.2) is 24.3 Å². The number of amides is 1. The number of aliphatic hydroxyl groups is 1. The molecule has 0 heterocycles. The molecule has 8 nitrogen and oxygen atoms in total. The highest BCUT2D eigenvalue weighted by Crippen LogP contribution is 2.38. The van der Waals surface area contributed by atoms with Crippen molar-refractivity contribution in [2.75, 3.05) is 40.9 Å². The fourth-order valence-electron chi connectivity index (χ4n) is 2.99. The van der Waals surface area contributed by atoms with Crippen molar-refractivity contribution in [1.29, 1.82) is 0 Å². The van der Waals surface area contributed by atoms with Crippen molar-refractivity contribution in [1.82, 2.24) is 5.32 Å². The van der Waals surface area contributed by atoms with E-state index >= 15 is 0 Å². The van der Waals surface area contributed by atoms with Crippen LogP contribution in [0.25, 0.3) is 0 Å². The Morgan fingerprint density at radius 1 is 1.00 bits per heavy atom. The highest BCUT2D eigenvalue weighted by Gasteiger charge is 2.23. The fourth-order valence-corrected chi connectivity index (χ4v) is 3.71. The van der Waals surface area contributed by atoms with Crippen LogP contribution in [0.5, 0.6) is 0 Å². The van der Waals surface area contributed by atoms with E-state index in [0.717, 1.165) is 38.5 Å². The van der Waals surface area contributed by atoms with E-state index in [1.54, 1.807) is 6.08 Å². The Kier molecular flexibility index (Phi) is 18.6. The normalized spacial score (nSPS) is 16.1. The molecule has 0 aromatic heterocycles. The van der Waals surface area contributed by atoms with Crippen LogP contribution in [0.2, 0.25) is 0 Å². The van der Waals surface area contributed by atoms with Crippen LogP contribution in [-0.2, 0) is 18.4 Å². The van der Waals surface area contributed by atoms with Crippen LogP contribution >= 0.6 is 7.82 Å². The molecule has 0 bridgehead atoms. The maximum Gasteiger partial charge on any atom is 0.268 e. The zero-order valence-electron chi connectivity index (χ0n) is 22.0. The number of carbonyl (C=O) groups is 1. The van der Waals surface area contributed by atoms with Gasteiger partial charge in [-0.3, -0.25) is 9.36 Å². The number of hydrogen-bond donors (Lipinski definition) is 2. The lowest BCUT2D eigenvalue weighted by molar-refractivity contribution is -0.870. The van der Waals surface area contributed by atoms with E-state index in [-0.39, 0.29) is 12.5 Å². The van der Waals surface area contributed by atoms with Crippen molar-refractivity contribution in [3.8, 4) is 0 Å². The van der Waals surface area contributed by atoms with Gasteiger partial charge in [0.2, 0.25) is 5.91 Å². The van der Waals surface area contributed by atoms with Gasteiger partial charge in [0.1, 0.15) is 13.2 Å². The van der Waals surface area contributed by atoms with Gasteiger partial charge in [-0.2, -0.15) is 0 Å². The first-order valence-corrected chi connectivity index (χ1v) is 14.2. The molecule has 1 amide bonds. The predicted octanol–water partition coefficient (Wildman–Crippen LogP) is 4.09. The molecule has 0 aliphatic rings. The van der Waals surface area contributed by atoms with E-state index < -0.39 is 26.6 Å². The molecule has 0 fully saturated rings. The van der Waals surface area contributed by atoms with Crippen molar-refractivity contribution in [3.05, 3.63) is 24.3 Å². The molecule has 200 valence electrons. The Labute approximate surface area is 207 Å². The van der Waals surface area contributed by atoms with Crippen LogP contribution in [0.3, 0.4) is 0 Å². The number of likely N-dealkylation sites (N-methyl/N-ethyl adjacent to an activating group) is 1. The Morgan fingerprint density at radius 2 is 1.62 bits per heavy atom. The molecule has 0 spiro atoms. The third-order valence-corrected chi connectivity index (χ3v) is 6.13. The van der Waals surface area contributed by atoms with Crippen molar-refractivity contribution in [3.63, 3.8) is 0 Å². The molecule has 0 saturated carbocycles. The van der Waals surface area contributed by atoms with Gasteiger partial charge < -0.3 is 28.8 Å². The van der Waals surface area contributed by atoms with E-state index in [2.05, 4.69) is 24.4 Å². The minimum Gasteiger partial charge on any atom is -0.756 e. The first-order valence-electron chi connectivity index (χ1n) is 12.7. The molecule has 0 aromatic carbocycles. The Morgan fingerprint density at radius 3 is 2.26 bits per heavy atom. The average Bonchev–Trinajstić information content (AvgIpc) is 2.74. The fraction of sp³-hybridized carbons (Fsp3) is 0.800. The molecule has 3 unspecified atom stereocenters. The van der Waals surface area contributed by atoms with Gasteiger partial charge >= 0.3 is 0 Å². The number of phosphoric ester groups is 1. The molecular formula is C25H49N2O6P. The molecule has 0 rings (SSSR count). The number of aliphatic hydroxyl groups excluding tert-OH is 1. The largest absolute Gasteiger partial charge is 0.756 e. The van der Waals surface area contributed by atoms with Crippen LogP contribution in [-0.4, -0.2) is 68.5 Å². The predicted molar refractivity (Wildman–Crippen MR) is 136 cm³/mol. The summed E-state index contributed by atoms with van der Waals surface area (Å²) < 4.78 is 22.6. The number of rotatable bonds is 21. The lowest BCUT2D eigenvalue weighted by Gasteiger charge is -2.29. The summed E-state index contributed by atoms with van der Waals surface area (Å²) >= 11 is 0. The number of nitrogens with one attached hydrogen (secondary N) is 1. The molecule has 0 saturated heterocycles. The SMILES string of the molecule is CCCCC/C=C/CC/C=C/C(O)C(COP(=O)([O-])OCC[N+](C)(C)C)NC(=O)CCCCC. The summed E-state index contributed by atoms with van der Waals surface area (Å²) in [6.45, 7) is 4.32.